The fourth-order valence-corrected chi connectivity index (χ4v) is 4.36. The smallest absolute Gasteiger partial charge is 0.278 e. The van der Waals surface area contributed by atoms with E-state index in [2.05, 4.69) is 4.90 Å². The van der Waals surface area contributed by atoms with Crippen molar-refractivity contribution in [1.29, 1.82) is 0 Å². The highest BCUT2D eigenvalue weighted by molar-refractivity contribution is 6.35. The number of β-amino-alcohol motifs (C(OH)–C–C–N with tert-alkyl or cyclic N) is 1. The van der Waals surface area contributed by atoms with E-state index in [1.54, 1.807) is 26.4 Å². The minimum absolute atomic E-state index is 0.106. The topological polar surface area (TPSA) is 82.5 Å². The molecule has 2 amide bonds. The number of carbonyl (C=O) groups excluding carboxylic acids is 2. The van der Waals surface area contributed by atoms with Gasteiger partial charge >= 0.3 is 0 Å². The van der Waals surface area contributed by atoms with Crippen molar-refractivity contribution in [3.63, 3.8) is 0 Å². The lowest BCUT2D eigenvalue weighted by atomic mass is 10.0. The van der Waals surface area contributed by atoms with E-state index in [0.29, 0.717) is 42.4 Å². The molecule has 174 valence electrons. The molecule has 2 aromatic carbocycles. The quantitative estimate of drug-likeness (QED) is 0.611. The molecule has 1 saturated heterocycles. The number of methoxy groups -OCH3 is 2. The van der Waals surface area contributed by atoms with Crippen LogP contribution in [0.15, 0.2) is 54.2 Å². The van der Waals surface area contributed by atoms with Gasteiger partial charge in [-0.15, -0.1) is 0 Å². The maximum Gasteiger partial charge on any atom is 0.278 e. The summed E-state index contributed by atoms with van der Waals surface area (Å²) in [4.78, 5) is 32.6. The molecule has 0 saturated carbocycles. The molecular formula is C25H29N3O5. The maximum absolute atomic E-state index is 13.6. The number of hydrogen-bond acceptors (Lipinski definition) is 7. The minimum Gasteiger partial charge on any atom is -0.493 e. The predicted octanol–water partition coefficient (Wildman–Crippen LogP) is 1.59. The van der Waals surface area contributed by atoms with Gasteiger partial charge in [0.1, 0.15) is 5.70 Å². The zero-order valence-electron chi connectivity index (χ0n) is 19.0. The fourth-order valence-electron chi connectivity index (χ4n) is 4.36. The number of nitrogens with zero attached hydrogens (tertiary/aromatic N) is 3. The molecule has 0 radical (unpaired) electrons. The third-order valence-corrected chi connectivity index (χ3v) is 6.10. The Kier molecular flexibility index (Phi) is 6.96. The van der Waals surface area contributed by atoms with E-state index in [-0.39, 0.29) is 25.0 Å². The number of hydrogen-bond donors (Lipinski definition) is 1. The number of rotatable bonds is 8. The van der Waals surface area contributed by atoms with E-state index in [1.165, 1.54) is 4.90 Å². The van der Waals surface area contributed by atoms with Crippen molar-refractivity contribution in [2.75, 3.05) is 53.6 Å². The van der Waals surface area contributed by atoms with Crippen LogP contribution in [0.1, 0.15) is 11.1 Å². The first kappa shape index (κ1) is 22.8. The van der Waals surface area contributed by atoms with Crippen LogP contribution >= 0.6 is 0 Å². The Balaban J connectivity index is 1.64. The van der Waals surface area contributed by atoms with Crippen molar-refractivity contribution < 1.29 is 24.2 Å². The van der Waals surface area contributed by atoms with Gasteiger partial charge in [0.15, 0.2) is 11.5 Å². The van der Waals surface area contributed by atoms with Gasteiger partial charge in [0.2, 0.25) is 0 Å². The summed E-state index contributed by atoms with van der Waals surface area (Å²) in [5.74, 6) is 0.549. The summed E-state index contributed by atoms with van der Waals surface area (Å²) in [6.45, 7) is 3.55. The van der Waals surface area contributed by atoms with E-state index in [9.17, 15) is 14.7 Å². The standard InChI is InChI=1S/C25H29N3O5/c1-32-20-9-8-18(16-21(20)33-2)17-28-24(30)22(19-6-4-3-5-7-19)23(25(28)31)27-12-10-26(11-13-27)14-15-29/h3-9,16,29H,10-15,17H2,1-2H3. The Hall–Kier alpha value is -3.36. The molecule has 4 rings (SSSR count). The van der Waals surface area contributed by atoms with Crippen LogP contribution in [-0.4, -0.2) is 85.2 Å². The van der Waals surface area contributed by atoms with Gasteiger partial charge in [-0.2, -0.15) is 0 Å². The summed E-state index contributed by atoms with van der Waals surface area (Å²) in [7, 11) is 3.12. The lowest BCUT2D eigenvalue weighted by Crippen LogP contribution is -2.48. The van der Waals surface area contributed by atoms with E-state index in [4.69, 9.17) is 9.47 Å². The first-order valence-corrected chi connectivity index (χ1v) is 11.0. The number of aliphatic hydroxyl groups is 1. The molecule has 33 heavy (non-hydrogen) atoms. The summed E-state index contributed by atoms with van der Waals surface area (Å²) in [6.07, 6.45) is 0. The van der Waals surface area contributed by atoms with Gasteiger partial charge in [0.25, 0.3) is 11.8 Å². The SMILES string of the molecule is COc1ccc(CN2C(=O)C(c3ccccc3)=C(N3CCN(CCO)CC3)C2=O)cc1OC. The largest absolute Gasteiger partial charge is 0.493 e. The molecule has 0 aliphatic carbocycles. The van der Waals surface area contributed by atoms with E-state index < -0.39 is 0 Å². The number of amides is 2. The Morgan fingerprint density at radius 2 is 1.58 bits per heavy atom. The summed E-state index contributed by atoms with van der Waals surface area (Å²) in [6, 6.07) is 14.7. The normalized spacial score (nSPS) is 17.2. The Morgan fingerprint density at radius 3 is 2.21 bits per heavy atom. The van der Waals surface area contributed by atoms with Crippen molar-refractivity contribution in [3.05, 3.63) is 65.4 Å². The molecule has 0 aromatic heterocycles. The van der Waals surface area contributed by atoms with Crippen LogP contribution in [0.2, 0.25) is 0 Å². The molecule has 0 bridgehead atoms. The van der Waals surface area contributed by atoms with Crippen LogP contribution in [-0.2, 0) is 16.1 Å². The van der Waals surface area contributed by atoms with Crippen LogP contribution in [0.25, 0.3) is 5.57 Å². The van der Waals surface area contributed by atoms with E-state index in [1.807, 2.05) is 41.3 Å². The van der Waals surface area contributed by atoms with Crippen LogP contribution in [0.4, 0.5) is 0 Å². The number of carbonyl (C=O) groups is 2. The van der Waals surface area contributed by atoms with Gasteiger partial charge in [0.05, 0.1) is 32.9 Å². The first-order chi connectivity index (χ1) is 16.1. The Bertz CT molecular complexity index is 1050. The number of piperazine rings is 1. The monoisotopic (exact) mass is 451 g/mol. The van der Waals surface area contributed by atoms with Crippen LogP contribution in [0.5, 0.6) is 11.5 Å². The molecule has 1 fully saturated rings. The molecule has 0 unspecified atom stereocenters. The zero-order chi connectivity index (χ0) is 23.4. The van der Waals surface area contributed by atoms with Crippen molar-refractivity contribution in [2.24, 2.45) is 0 Å². The molecule has 1 N–H and O–H groups in total. The van der Waals surface area contributed by atoms with E-state index >= 15 is 0 Å². The minimum atomic E-state index is -0.297. The first-order valence-electron chi connectivity index (χ1n) is 11.0. The van der Waals surface area contributed by atoms with Crippen LogP contribution < -0.4 is 9.47 Å². The summed E-state index contributed by atoms with van der Waals surface area (Å²) in [5, 5.41) is 9.22. The molecular weight excluding hydrogens is 422 g/mol. The van der Waals surface area contributed by atoms with Gasteiger partial charge in [-0.3, -0.25) is 19.4 Å². The number of benzene rings is 2. The molecule has 2 aliphatic heterocycles. The highest BCUT2D eigenvalue weighted by atomic mass is 16.5. The lowest BCUT2D eigenvalue weighted by Gasteiger charge is -2.36. The van der Waals surface area contributed by atoms with Crippen LogP contribution in [0, 0.1) is 0 Å². The highest BCUT2D eigenvalue weighted by Gasteiger charge is 2.42. The highest BCUT2D eigenvalue weighted by Crippen LogP contribution is 2.34. The second kappa shape index (κ2) is 10.1. The fraction of sp³-hybridized carbons (Fsp3) is 0.360. The van der Waals surface area contributed by atoms with Gasteiger partial charge in [-0.05, 0) is 23.3 Å². The summed E-state index contributed by atoms with van der Waals surface area (Å²) in [5.41, 5.74) is 2.40. The third-order valence-electron chi connectivity index (χ3n) is 6.10. The Morgan fingerprint density at radius 1 is 0.879 bits per heavy atom. The second-order valence-electron chi connectivity index (χ2n) is 8.03. The third kappa shape index (κ3) is 4.58. The van der Waals surface area contributed by atoms with Crippen molar-refractivity contribution in [2.45, 2.75) is 6.54 Å². The number of imide groups is 1. The van der Waals surface area contributed by atoms with Gasteiger partial charge in [0, 0.05) is 32.7 Å². The lowest BCUT2D eigenvalue weighted by molar-refractivity contribution is -0.138. The average molecular weight is 452 g/mol. The van der Waals surface area contributed by atoms with Gasteiger partial charge < -0.3 is 19.5 Å². The van der Waals surface area contributed by atoms with Crippen LogP contribution in [0.3, 0.4) is 0 Å². The molecule has 2 aliphatic rings. The maximum atomic E-state index is 13.6. The summed E-state index contributed by atoms with van der Waals surface area (Å²) >= 11 is 0. The Labute approximate surface area is 193 Å². The van der Waals surface area contributed by atoms with Crippen molar-refractivity contribution in [3.8, 4) is 11.5 Å². The molecule has 0 spiro atoms. The second-order valence-corrected chi connectivity index (χ2v) is 8.03. The van der Waals surface area contributed by atoms with E-state index in [0.717, 1.165) is 24.2 Å². The molecule has 2 aromatic rings. The van der Waals surface area contributed by atoms with Crippen molar-refractivity contribution >= 4 is 17.4 Å². The number of ether oxygens (including phenoxy) is 2. The summed E-state index contributed by atoms with van der Waals surface area (Å²) < 4.78 is 10.7. The zero-order valence-corrected chi connectivity index (χ0v) is 19.0. The molecule has 2 heterocycles. The number of aliphatic hydroxyl groups excluding tert-OH is 1. The molecule has 8 heteroatoms. The molecule has 0 atom stereocenters. The predicted molar refractivity (Wildman–Crippen MR) is 124 cm³/mol. The average Bonchev–Trinajstić information content (AvgIpc) is 3.10. The van der Waals surface area contributed by atoms with Gasteiger partial charge in [-0.1, -0.05) is 36.4 Å². The van der Waals surface area contributed by atoms with Gasteiger partial charge in [-0.25, -0.2) is 0 Å². The van der Waals surface area contributed by atoms with Crippen molar-refractivity contribution in [1.82, 2.24) is 14.7 Å². The molecule has 8 nitrogen and oxygen atoms in total.